The molecular weight excluding hydrogens is 402 g/mol. The second kappa shape index (κ2) is 6.22. The van der Waals surface area contributed by atoms with Gasteiger partial charge in [-0.15, -0.1) is 11.3 Å². The molecule has 0 fully saturated rings. The van der Waals surface area contributed by atoms with Gasteiger partial charge in [0.15, 0.2) is 5.84 Å². The van der Waals surface area contributed by atoms with Crippen molar-refractivity contribution in [2.45, 2.75) is 4.21 Å². The normalized spacial score (nSPS) is 12.4. The van der Waals surface area contributed by atoms with Crippen LogP contribution >= 0.6 is 38.9 Å². The van der Waals surface area contributed by atoms with E-state index in [1.807, 2.05) is 0 Å². The molecule has 10 heteroatoms. The van der Waals surface area contributed by atoms with Crippen LogP contribution < -0.4 is 10.5 Å². The van der Waals surface area contributed by atoms with Crippen LogP contribution in [0.3, 0.4) is 0 Å². The fraction of sp³-hybridized carbons (Fsp3) is 0. The molecular formula is C11H9BrClN3O3S2. The van der Waals surface area contributed by atoms with Crippen molar-refractivity contribution in [1.29, 1.82) is 0 Å². The summed E-state index contributed by atoms with van der Waals surface area (Å²) in [6, 6.07) is 7.50. The maximum absolute atomic E-state index is 12.2. The van der Waals surface area contributed by atoms with E-state index >= 15 is 0 Å². The fourth-order valence-electron chi connectivity index (χ4n) is 1.45. The molecule has 0 aliphatic rings. The standard InChI is InChI=1S/C11H9BrClN3O3S2/c12-7-5-6(11(14)15-17)1-2-8(7)16-21(18,19)10-4-3-9(13)20-10/h1-5,16-17H,(H2,14,15). The molecule has 0 saturated carbocycles. The molecule has 4 N–H and O–H groups in total. The van der Waals surface area contributed by atoms with Crippen molar-refractivity contribution >= 4 is 60.4 Å². The molecule has 1 aromatic carbocycles. The van der Waals surface area contributed by atoms with Crippen LogP contribution in [0, 0.1) is 0 Å². The van der Waals surface area contributed by atoms with E-state index in [1.165, 1.54) is 30.3 Å². The number of oxime groups is 1. The maximum atomic E-state index is 12.2. The molecule has 0 spiro atoms. The number of rotatable bonds is 4. The predicted molar refractivity (Wildman–Crippen MR) is 86.8 cm³/mol. The van der Waals surface area contributed by atoms with Gasteiger partial charge in [-0.1, -0.05) is 16.8 Å². The molecule has 21 heavy (non-hydrogen) atoms. The van der Waals surface area contributed by atoms with Gasteiger partial charge in [0.1, 0.15) is 4.21 Å². The molecule has 2 rings (SSSR count). The molecule has 0 aliphatic heterocycles. The summed E-state index contributed by atoms with van der Waals surface area (Å²) >= 11 is 9.93. The molecule has 0 bridgehead atoms. The topological polar surface area (TPSA) is 105 Å². The van der Waals surface area contributed by atoms with Gasteiger partial charge in [-0.25, -0.2) is 8.42 Å². The zero-order valence-electron chi connectivity index (χ0n) is 10.2. The van der Waals surface area contributed by atoms with Crippen molar-refractivity contribution in [3.8, 4) is 0 Å². The molecule has 1 heterocycles. The summed E-state index contributed by atoms with van der Waals surface area (Å²) in [5, 5.41) is 11.5. The first-order valence-electron chi connectivity index (χ1n) is 5.39. The van der Waals surface area contributed by atoms with Crippen LogP contribution in [0.15, 0.2) is 44.2 Å². The van der Waals surface area contributed by atoms with Gasteiger partial charge < -0.3 is 10.9 Å². The average molecular weight is 411 g/mol. The molecule has 0 amide bonds. The van der Waals surface area contributed by atoms with E-state index in [0.29, 0.717) is 20.1 Å². The lowest BCUT2D eigenvalue weighted by Gasteiger charge is -2.09. The first-order chi connectivity index (χ1) is 9.83. The lowest BCUT2D eigenvalue weighted by atomic mass is 10.2. The van der Waals surface area contributed by atoms with Gasteiger partial charge >= 0.3 is 0 Å². The number of anilines is 1. The number of nitrogens with two attached hydrogens (primary N) is 1. The van der Waals surface area contributed by atoms with Gasteiger partial charge in [0, 0.05) is 10.0 Å². The highest BCUT2D eigenvalue weighted by molar-refractivity contribution is 9.10. The second-order valence-electron chi connectivity index (χ2n) is 3.84. The van der Waals surface area contributed by atoms with Gasteiger partial charge in [-0.2, -0.15) is 0 Å². The van der Waals surface area contributed by atoms with Crippen LogP contribution in [-0.2, 0) is 10.0 Å². The number of hydrogen-bond acceptors (Lipinski definition) is 5. The fourth-order valence-corrected chi connectivity index (χ4v) is 4.62. The molecule has 1 aromatic heterocycles. The van der Waals surface area contributed by atoms with Crippen LogP contribution in [0.2, 0.25) is 4.34 Å². The summed E-state index contributed by atoms with van der Waals surface area (Å²) in [7, 11) is -3.71. The van der Waals surface area contributed by atoms with Crippen LogP contribution in [0.1, 0.15) is 5.56 Å². The van der Waals surface area contributed by atoms with Crippen molar-refractivity contribution in [2.24, 2.45) is 10.9 Å². The van der Waals surface area contributed by atoms with E-state index in [4.69, 9.17) is 22.5 Å². The number of thiophene rings is 1. The van der Waals surface area contributed by atoms with Crippen molar-refractivity contribution in [2.75, 3.05) is 4.72 Å². The third kappa shape index (κ3) is 3.67. The largest absolute Gasteiger partial charge is 0.409 e. The van der Waals surface area contributed by atoms with Gasteiger partial charge in [-0.05, 0) is 46.3 Å². The van der Waals surface area contributed by atoms with E-state index in [0.717, 1.165) is 11.3 Å². The minimum absolute atomic E-state index is 0.0739. The molecule has 0 atom stereocenters. The number of halogens is 2. The minimum atomic E-state index is -3.71. The number of nitrogens with zero attached hydrogens (tertiary/aromatic N) is 1. The van der Waals surface area contributed by atoms with E-state index < -0.39 is 10.0 Å². The highest BCUT2D eigenvalue weighted by Crippen LogP contribution is 2.30. The monoisotopic (exact) mass is 409 g/mol. The Balaban J connectivity index is 2.32. The zero-order valence-corrected chi connectivity index (χ0v) is 14.2. The second-order valence-corrected chi connectivity index (χ2v) is 8.32. The van der Waals surface area contributed by atoms with Gasteiger partial charge in [0.05, 0.1) is 10.0 Å². The smallest absolute Gasteiger partial charge is 0.271 e. The number of sulfonamides is 1. The number of hydrogen-bond donors (Lipinski definition) is 3. The Morgan fingerprint density at radius 2 is 2.10 bits per heavy atom. The first-order valence-corrected chi connectivity index (χ1v) is 8.86. The summed E-state index contributed by atoms with van der Waals surface area (Å²) in [5.41, 5.74) is 6.24. The Morgan fingerprint density at radius 1 is 1.38 bits per heavy atom. The molecule has 0 unspecified atom stereocenters. The zero-order chi connectivity index (χ0) is 15.6. The Kier molecular flexibility index (Phi) is 4.77. The van der Waals surface area contributed by atoms with Crippen molar-refractivity contribution in [3.63, 3.8) is 0 Å². The van der Waals surface area contributed by atoms with Gasteiger partial charge in [0.2, 0.25) is 0 Å². The SMILES string of the molecule is N/C(=N/O)c1ccc(NS(=O)(=O)c2ccc(Cl)s2)c(Br)c1. The third-order valence-electron chi connectivity index (χ3n) is 2.43. The molecule has 0 radical (unpaired) electrons. The molecule has 0 aliphatic carbocycles. The first kappa shape index (κ1) is 16.1. The predicted octanol–water partition coefficient (Wildman–Crippen LogP) is 3.06. The van der Waals surface area contributed by atoms with E-state index in [1.54, 1.807) is 0 Å². The molecule has 0 saturated heterocycles. The number of nitrogens with one attached hydrogen (secondary N) is 1. The summed E-state index contributed by atoms with van der Waals surface area (Å²) in [5.74, 6) is -0.0739. The molecule has 6 nitrogen and oxygen atoms in total. The van der Waals surface area contributed by atoms with Crippen molar-refractivity contribution in [3.05, 3.63) is 44.7 Å². The Bertz CT molecular complexity index is 805. The van der Waals surface area contributed by atoms with Gasteiger partial charge in [0.25, 0.3) is 10.0 Å². The number of amidine groups is 1. The van der Waals surface area contributed by atoms with Crippen LogP contribution in [0.4, 0.5) is 5.69 Å². The molecule has 2 aromatic rings. The average Bonchev–Trinajstić information content (AvgIpc) is 2.87. The summed E-state index contributed by atoms with van der Waals surface area (Å²) in [6.45, 7) is 0. The van der Waals surface area contributed by atoms with Crippen LogP contribution in [-0.4, -0.2) is 19.5 Å². The third-order valence-corrected chi connectivity index (χ3v) is 6.17. The summed E-state index contributed by atoms with van der Waals surface area (Å²) in [4.78, 5) is 0. The summed E-state index contributed by atoms with van der Waals surface area (Å²) in [6.07, 6.45) is 0. The van der Waals surface area contributed by atoms with Crippen LogP contribution in [0.5, 0.6) is 0 Å². The Labute approximate surface area is 138 Å². The van der Waals surface area contributed by atoms with Gasteiger partial charge in [-0.3, -0.25) is 4.72 Å². The Morgan fingerprint density at radius 3 is 2.62 bits per heavy atom. The van der Waals surface area contributed by atoms with Crippen LogP contribution in [0.25, 0.3) is 0 Å². The van der Waals surface area contributed by atoms with E-state index in [9.17, 15) is 8.42 Å². The van der Waals surface area contributed by atoms with Crippen molar-refractivity contribution < 1.29 is 13.6 Å². The molecule has 112 valence electrons. The van der Waals surface area contributed by atoms with E-state index in [2.05, 4.69) is 25.8 Å². The minimum Gasteiger partial charge on any atom is -0.409 e. The van der Waals surface area contributed by atoms with Crippen molar-refractivity contribution in [1.82, 2.24) is 0 Å². The number of benzene rings is 1. The quantitative estimate of drug-likeness (QED) is 0.312. The summed E-state index contributed by atoms with van der Waals surface area (Å²) < 4.78 is 27.7. The lowest BCUT2D eigenvalue weighted by Crippen LogP contribution is -2.14. The lowest BCUT2D eigenvalue weighted by molar-refractivity contribution is 0.318. The highest BCUT2D eigenvalue weighted by atomic mass is 79.9. The Hall–Kier alpha value is -1.29. The maximum Gasteiger partial charge on any atom is 0.271 e. The highest BCUT2D eigenvalue weighted by Gasteiger charge is 2.18. The van der Waals surface area contributed by atoms with E-state index in [-0.39, 0.29) is 10.0 Å².